The van der Waals surface area contributed by atoms with E-state index < -0.39 is 5.91 Å². The van der Waals surface area contributed by atoms with Crippen molar-refractivity contribution < 1.29 is 9.21 Å². The van der Waals surface area contributed by atoms with E-state index in [2.05, 4.69) is 21.2 Å². The molecule has 1 aromatic heterocycles. The van der Waals surface area contributed by atoms with Gasteiger partial charge in [0, 0.05) is 15.1 Å². The molecule has 0 radical (unpaired) electrons. The summed E-state index contributed by atoms with van der Waals surface area (Å²) in [6.45, 7) is 0. The minimum absolute atomic E-state index is 0.148. The van der Waals surface area contributed by atoms with Crippen molar-refractivity contribution in [2.45, 2.75) is 0 Å². The summed E-state index contributed by atoms with van der Waals surface area (Å²) in [6, 6.07) is 13.5. The van der Waals surface area contributed by atoms with Crippen LogP contribution in [-0.2, 0) is 0 Å². The van der Waals surface area contributed by atoms with Crippen LogP contribution in [0.3, 0.4) is 0 Å². The predicted molar refractivity (Wildman–Crippen MR) is 101 cm³/mol. The maximum absolute atomic E-state index is 12.3. The first-order valence-corrected chi connectivity index (χ1v) is 8.68. The Kier molecular flexibility index (Phi) is 5.21. The quantitative estimate of drug-likeness (QED) is 0.475. The molecule has 1 N–H and O–H groups in total. The van der Waals surface area contributed by atoms with Gasteiger partial charge < -0.3 is 9.73 Å². The highest BCUT2D eigenvalue weighted by molar-refractivity contribution is 9.10. The lowest BCUT2D eigenvalue weighted by Crippen LogP contribution is -2.11. The molecule has 3 rings (SSSR count). The van der Waals surface area contributed by atoms with Crippen LogP contribution >= 0.6 is 50.7 Å². The molecule has 1 amide bonds. The van der Waals surface area contributed by atoms with Crippen molar-refractivity contribution in [2.24, 2.45) is 0 Å². The summed E-state index contributed by atoms with van der Waals surface area (Å²) in [5.41, 5.74) is 1.15. The summed E-state index contributed by atoms with van der Waals surface area (Å²) >= 11 is 21.4. The Morgan fingerprint density at radius 1 is 0.958 bits per heavy atom. The zero-order valence-electron chi connectivity index (χ0n) is 11.9. The predicted octanol–water partition coefficient (Wildman–Crippen LogP) is 6.92. The number of carbonyl (C=O) groups excluding carboxylic acids is 1. The summed E-state index contributed by atoms with van der Waals surface area (Å²) < 4.78 is 6.42. The van der Waals surface area contributed by atoms with Gasteiger partial charge in [0.2, 0.25) is 0 Å². The van der Waals surface area contributed by atoms with Crippen molar-refractivity contribution in [1.29, 1.82) is 0 Å². The number of rotatable bonds is 3. The SMILES string of the molecule is O=C(Nc1ccc(Br)cc1Cl)c1ccc(-c2ccc(Cl)cc2Cl)o1. The number of amides is 1. The van der Waals surface area contributed by atoms with Crippen LogP contribution < -0.4 is 5.32 Å². The van der Waals surface area contributed by atoms with E-state index in [1.54, 1.807) is 48.5 Å². The average molecular weight is 446 g/mol. The number of carbonyl (C=O) groups is 1. The molecule has 0 bridgehead atoms. The molecule has 0 spiro atoms. The molecule has 0 unspecified atom stereocenters. The molecule has 3 aromatic rings. The molecule has 0 aliphatic carbocycles. The topological polar surface area (TPSA) is 42.2 Å². The highest BCUT2D eigenvalue weighted by Gasteiger charge is 2.15. The number of nitrogens with one attached hydrogen (secondary N) is 1. The van der Waals surface area contributed by atoms with Crippen LogP contribution in [-0.4, -0.2) is 5.91 Å². The molecule has 0 aliphatic rings. The van der Waals surface area contributed by atoms with Crippen molar-refractivity contribution in [2.75, 3.05) is 5.32 Å². The van der Waals surface area contributed by atoms with Gasteiger partial charge in [-0.3, -0.25) is 4.79 Å². The molecule has 0 aliphatic heterocycles. The third kappa shape index (κ3) is 3.78. The number of benzene rings is 2. The van der Waals surface area contributed by atoms with Crippen LogP contribution in [0.25, 0.3) is 11.3 Å². The van der Waals surface area contributed by atoms with E-state index >= 15 is 0 Å². The highest BCUT2D eigenvalue weighted by atomic mass is 79.9. The van der Waals surface area contributed by atoms with Crippen LogP contribution in [0, 0.1) is 0 Å². The van der Waals surface area contributed by atoms with Gasteiger partial charge in [0.15, 0.2) is 5.76 Å². The normalized spacial score (nSPS) is 10.7. The maximum Gasteiger partial charge on any atom is 0.291 e. The molecular weight excluding hydrogens is 436 g/mol. The Morgan fingerprint density at radius 2 is 1.75 bits per heavy atom. The maximum atomic E-state index is 12.3. The lowest BCUT2D eigenvalue weighted by atomic mass is 10.2. The van der Waals surface area contributed by atoms with Gasteiger partial charge in [0.25, 0.3) is 5.91 Å². The second-order valence-electron chi connectivity index (χ2n) is 4.87. The van der Waals surface area contributed by atoms with Crippen molar-refractivity contribution in [3.63, 3.8) is 0 Å². The molecule has 3 nitrogen and oxygen atoms in total. The summed E-state index contributed by atoms with van der Waals surface area (Å²) in [7, 11) is 0. The van der Waals surface area contributed by atoms with E-state index in [0.29, 0.717) is 32.1 Å². The van der Waals surface area contributed by atoms with E-state index in [-0.39, 0.29) is 5.76 Å². The molecule has 0 atom stereocenters. The molecule has 0 saturated carbocycles. The van der Waals surface area contributed by atoms with Crippen molar-refractivity contribution >= 4 is 62.3 Å². The van der Waals surface area contributed by atoms with Crippen LogP contribution in [0.2, 0.25) is 15.1 Å². The fraction of sp³-hybridized carbons (Fsp3) is 0. The van der Waals surface area contributed by atoms with Crippen molar-refractivity contribution in [3.8, 4) is 11.3 Å². The second-order valence-corrected chi connectivity index (χ2v) is 7.03. The Morgan fingerprint density at radius 3 is 2.46 bits per heavy atom. The van der Waals surface area contributed by atoms with Gasteiger partial charge in [-0.15, -0.1) is 0 Å². The third-order valence-corrected chi connectivity index (χ3v) is 4.56. The second kappa shape index (κ2) is 7.19. The minimum Gasteiger partial charge on any atom is -0.451 e. The Labute approximate surface area is 161 Å². The minimum atomic E-state index is -0.407. The number of anilines is 1. The van der Waals surface area contributed by atoms with Gasteiger partial charge in [-0.2, -0.15) is 0 Å². The first-order chi connectivity index (χ1) is 11.4. The van der Waals surface area contributed by atoms with Gasteiger partial charge in [-0.05, 0) is 48.5 Å². The number of hydrogen-bond donors (Lipinski definition) is 1. The van der Waals surface area contributed by atoms with Crippen LogP contribution in [0.1, 0.15) is 10.6 Å². The monoisotopic (exact) mass is 443 g/mol. The van der Waals surface area contributed by atoms with Gasteiger partial charge >= 0.3 is 0 Å². The Bertz CT molecular complexity index is 924. The van der Waals surface area contributed by atoms with E-state index in [0.717, 1.165) is 4.47 Å². The molecule has 7 heteroatoms. The smallest absolute Gasteiger partial charge is 0.291 e. The molecule has 122 valence electrons. The largest absolute Gasteiger partial charge is 0.451 e. The van der Waals surface area contributed by atoms with Crippen LogP contribution in [0.5, 0.6) is 0 Å². The lowest BCUT2D eigenvalue weighted by molar-refractivity contribution is 0.0997. The molecule has 24 heavy (non-hydrogen) atoms. The summed E-state index contributed by atoms with van der Waals surface area (Å²) in [4.78, 5) is 12.3. The van der Waals surface area contributed by atoms with E-state index in [1.165, 1.54) is 0 Å². The molecule has 0 saturated heterocycles. The summed E-state index contributed by atoms with van der Waals surface area (Å²) in [5, 5.41) is 4.09. The molecule has 1 heterocycles. The third-order valence-electron chi connectivity index (χ3n) is 3.21. The number of hydrogen-bond acceptors (Lipinski definition) is 2. The fourth-order valence-electron chi connectivity index (χ4n) is 2.07. The van der Waals surface area contributed by atoms with Gasteiger partial charge in [-0.25, -0.2) is 0 Å². The number of furan rings is 1. The van der Waals surface area contributed by atoms with Crippen molar-refractivity contribution in [3.05, 3.63) is 73.8 Å². The Hall–Kier alpha value is -1.46. The van der Waals surface area contributed by atoms with Crippen LogP contribution in [0.15, 0.2) is 57.4 Å². The van der Waals surface area contributed by atoms with Gasteiger partial charge in [0.1, 0.15) is 5.76 Å². The fourth-order valence-corrected chi connectivity index (χ4v) is 3.29. The van der Waals surface area contributed by atoms with E-state index in [4.69, 9.17) is 39.2 Å². The number of halogens is 4. The van der Waals surface area contributed by atoms with Crippen LogP contribution in [0.4, 0.5) is 5.69 Å². The zero-order valence-corrected chi connectivity index (χ0v) is 15.8. The van der Waals surface area contributed by atoms with E-state index in [9.17, 15) is 4.79 Å². The zero-order chi connectivity index (χ0) is 17.3. The molecule has 0 fully saturated rings. The van der Waals surface area contributed by atoms with E-state index in [1.807, 2.05) is 0 Å². The van der Waals surface area contributed by atoms with Gasteiger partial charge in [0.05, 0.1) is 15.7 Å². The lowest BCUT2D eigenvalue weighted by Gasteiger charge is -2.06. The summed E-state index contributed by atoms with van der Waals surface area (Å²) in [5.74, 6) is 0.217. The first-order valence-electron chi connectivity index (χ1n) is 6.76. The van der Waals surface area contributed by atoms with Crippen molar-refractivity contribution in [1.82, 2.24) is 0 Å². The summed E-state index contributed by atoms with van der Waals surface area (Å²) in [6.07, 6.45) is 0. The molecular formula is C17H9BrCl3NO2. The standard InChI is InChI=1S/C17H9BrCl3NO2/c18-9-1-4-14(13(21)7-9)22-17(23)16-6-5-15(24-16)11-3-2-10(19)8-12(11)20/h1-8H,(H,22,23). The average Bonchev–Trinajstić information content (AvgIpc) is 3.00. The highest BCUT2D eigenvalue weighted by Crippen LogP contribution is 2.32. The van der Waals surface area contributed by atoms with Gasteiger partial charge in [-0.1, -0.05) is 50.7 Å². The Balaban J connectivity index is 1.83. The molecule has 2 aromatic carbocycles. The first kappa shape index (κ1) is 17.4.